The number of benzene rings is 1. The van der Waals surface area contributed by atoms with E-state index >= 15 is 0 Å². The predicted molar refractivity (Wildman–Crippen MR) is 83.1 cm³/mol. The maximum Gasteiger partial charge on any atom is 0.328 e. The van der Waals surface area contributed by atoms with E-state index in [-0.39, 0.29) is 12.0 Å². The van der Waals surface area contributed by atoms with E-state index in [0.717, 1.165) is 28.5 Å². The average Bonchev–Trinajstić information content (AvgIpc) is 2.36. The zero-order chi connectivity index (χ0) is 13.5. The van der Waals surface area contributed by atoms with Crippen LogP contribution in [0.1, 0.15) is 26.2 Å². The number of esters is 1. The number of anilines is 1. The number of carbonyl (C=O) groups is 1. The normalized spacial score (nSPS) is 12.0. The highest BCUT2D eigenvalue weighted by atomic mass is 127. The third-order valence-corrected chi connectivity index (χ3v) is 3.58. The number of nitrogens with one attached hydrogen (secondary N) is 1. The number of ether oxygens (including phenoxy) is 1. The minimum atomic E-state index is -0.340. The first kappa shape index (κ1) is 15.6. The molecule has 1 aromatic rings. The molecule has 0 aromatic heterocycles. The highest BCUT2D eigenvalue weighted by Crippen LogP contribution is 2.25. The number of methoxy groups -OCH3 is 1. The zero-order valence-corrected chi connectivity index (χ0v) is 13.4. The number of hydrogen-bond donors (Lipinski definition) is 1. The van der Waals surface area contributed by atoms with Crippen LogP contribution in [0.15, 0.2) is 18.2 Å². The van der Waals surface area contributed by atoms with Gasteiger partial charge >= 0.3 is 5.97 Å². The Labute approximate surface area is 126 Å². The Bertz CT molecular complexity index is 412. The summed E-state index contributed by atoms with van der Waals surface area (Å²) in [6.07, 6.45) is 2.75. The fourth-order valence-electron chi connectivity index (χ4n) is 1.59. The van der Waals surface area contributed by atoms with Crippen LogP contribution in [0.5, 0.6) is 0 Å². The summed E-state index contributed by atoms with van der Waals surface area (Å²) in [5.41, 5.74) is 0.767. The SMILES string of the molecule is CCCCC(Nc1ccc(I)cc1Cl)C(=O)OC. The molecule has 18 heavy (non-hydrogen) atoms. The molecule has 0 bridgehead atoms. The third-order valence-electron chi connectivity index (χ3n) is 2.59. The topological polar surface area (TPSA) is 38.3 Å². The van der Waals surface area contributed by atoms with Crippen molar-refractivity contribution in [3.8, 4) is 0 Å². The first-order valence-electron chi connectivity index (χ1n) is 5.88. The van der Waals surface area contributed by atoms with Crippen molar-refractivity contribution in [2.75, 3.05) is 12.4 Å². The van der Waals surface area contributed by atoms with Gasteiger partial charge in [-0.1, -0.05) is 31.4 Å². The molecular weight excluding hydrogens is 365 g/mol. The fourth-order valence-corrected chi connectivity index (χ4v) is 2.50. The van der Waals surface area contributed by atoms with E-state index in [2.05, 4.69) is 34.8 Å². The maximum absolute atomic E-state index is 11.7. The Morgan fingerprint density at radius 2 is 2.28 bits per heavy atom. The predicted octanol–water partition coefficient (Wildman–Crippen LogP) is 4.09. The molecule has 0 heterocycles. The van der Waals surface area contributed by atoms with Gasteiger partial charge in [0.2, 0.25) is 0 Å². The standard InChI is InChI=1S/C13H17ClINO2/c1-3-4-5-12(13(17)18-2)16-11-7-6-9(15)8-10(11)14/h6-8,12,16H,3-5H2,1-2H3. The largest absolute Gasteiger partial charge is 0.467 e. The molecule has 0 aliphatic carbocycles. The van der Waals surface area contributed by atoms with Gasteiger partial charge in [-0.15, -0.1) is 0 Å². The maximum atomic E-state index is 11.7. The van der Waals surface area contributed by atoms with Crippen LogP contribution < -0.4 is 5.32 Å². The van der Waals surface area contributed by atoms with Crippen molar-refractivity contribution in [1.29, 1.82) is 0 Å². The average molecular weight is 382 g/mol. The summed E-state index contributed by atoms with van der Waals surface area (Å²) in [6, 6.07) is 5.35. The number of rotatable bonds is 6. The molecule has 3 nitrogen and oxygen atoms in total. The lowest BCUT2D eigenvalue weighted by Gasteiger charge is -2.18. The second-order valence-electron chi connectivity index (χ2n) is 3.99. The van der Waals surface area contributed by atoms with Crippen molar-refractivity contribution in [3.05, 3.63) is 26.8 Å². The van der Waals surface area contributed by atoms with Crippen molar-refractivity contribution in [3.63, 3.8) is 0 Å². The molecule has 5 heteroatoms. The molecule has 1 unspecified atom stereocenters. The first-order valence-corrected chi connectivity index (χ1v) is 7.33. The van der Waals surface area contributed by atoms with Crippen molar-refractivity contribution >= 4 is 45.8 Å². The zero-order valence-electron chi connectivity index (χ0n) is 10.5. The molecule has 0 spiro atoms. The molecule has 1 aromatic carbocycles. The van der Waals surface area contributed by atoms with Gasteiger partial charge in [0.15, 0.2) is 0 Å². The molecule has 0 radical (unpaired) electrons. The fraction of sp³-hybridized carbons (Fsp3) is 0.462. The molecule has 1 atom stereocenters. The van der Waals surface area contributed by atoms with Crippen LogP contribution in [0.4, 0.5) is 5.69 Å². The second-order valence-corrected chi connectivity index (χ2v) is 5.64. The summed E-state index contributed by atoms with van der Waals surface area (Å²) in [5, 5.41) is 3.77. The molecular formula is C13H17ClINO2. The number of halogens is 2. The summed E-state index contributed by atoms with van der Waals surface area (Å²) in [7, 11) is 1.40. The lowest BCUT2D eigenvalue weighted by molar-refractivity contribution is -0.141. The lowest BCUT2D eigenvalue weighted by Crippen LogP contribution is -2.30. The summed E-state index contributed by atoms with van der Waals surface area (Å²) in [5.74, 6) is -0.252. The molecule has 100 valence electrons. The van der Waals surface area contributed by atoms with E-state index in [9.17, 15) is 4.79 Å². The Hall–Kier alpha value is -0.490. The Balaban J connectivity index is 2.78. The molecule has 0 fully saturated rings. The monoisotopic (exact) mass is 381 g/mol. The highest BCUT2D eigenvalue weighted by Gasteiger charge is 2.19. The van der Waals surface area contributed by atoms with Crippen LogP contribution in [0.3, 0.4) is 0 Å². The minimum absolute atomic E-state index is 0.252. The molecule has 0 amide bonds. The first-order chi connectivity index (χ1) is 8.58. The number of carbonyl (C=O) groups excluding carboxylic acids is 1. The van der Waals surface area contributed by atoms with Gasteiger partial charge in [-0.3, -0.25) is 0 Å². The van der Waals surface area contributed by atoms with Gasteiger partial charge in [0.05, 0.1) is 17.8 Å². The van der Waals surface area contributed by atoms with Crippen LogP contribution in [0.25, 0.3) is 0 Å². The van der Waals surface area contributed by atoms with Crippen molar-refractivity contribution in [1.82, 2.24) is 0 Å². The van der Waals surface area contributed by atoms with Crippen LogP contribution in [-0.2, 0) is 9.53 Å². The van der Waals surface area contributed by atoms with E-state index in [1.54, 1.807) is 0 Å². The van der Waals surface area contributed by atoms with E-state index in [1.165, 1.54) is 7.11 Å². The Morgan fingerprint density at radius 3 is 2.83 bits per heavy atom. The van der Waals surface area contributed by atoms with Crippen LogP contribution in [0, 0.1) is 3.57 Å². The van der Waals surface area contributed by atoms with E-state index in [4.69, 9.17) is 16.3 Å². The van der Waals surface area contributed by atoms with Gasteiger partial charge in [0.25, 0.3) is 0 Å². The van der Waals surface area contributed by atoms with Crippen LogP contribution >= 0.6 is 34.2 Å². The quantitative estimate of drug-likeness (QED) is 0.596. The number of unbranched alkanes of at least 4 members (excludes halogenated alkanes) is 1. The highest BCUT2D eigenvalue weighted by molar-refractivity contribution is 14.1. The molecule has 1 rings (SSSR count). The molecule has 0 aliphatic heterocycles. The van der Waals surface area contributed by atoms with Crippen LogP contribution in [-0.4, -0.2) is 19.1 Å². The van der Waals surface area contributed by atoms with Gasteiger partial charge in [-0.25, -0.2) is 4.79 Å². The van der Waals surface area contributed by atoms with E-state index < -0.39 is 0 Å². The smallest absolute Gasteiger partial charge is 0.328 e. The van der Waals surface area contributed by atoms with Gasteiger partial charge in [0.1, 0.15) is 6.04 Å². The summed E-state index contributed by atoms with van der Waals surface area (Å²) in [6.45, 7) is 2.09. The van der Waals surface area contributed by atoms with Gasteiger partial charge < -0.3 is 10.1 Å². The van der Waals surface area contributed by atoms with Crippen molar-refractivity contribution in [2.45, 2.75) is 32.2 Å². The van der Waals surface area contributed by atoms with Gasteiger partial charge in [-0.2, -0.15) is 0 Å². The van der Waals surface area contributed by atoms with Gasteiger partial charge in [-0.05, 0) is 47.2 Å². The van der Waals surface area contributed by atoms with E-state index in [1.807, 2.05) is 18.2 Å². The number of hydrogen-bond acceptors (Lipinski definition) is 3. The Morgan fingerprint density at radius 1 is 1.56 bits per heavy atom. The summed E-state index contributed by atoms with van der Waals surface area (Å²) < 4.78 is 5.86. The summed E-state index contributed by atoms with van der Waals surface area (Å²) >= 11 is 8.33. The third kappa shape index (κ3) is 4.65. The van der Waals surface area contributed by atoms with Crippen molar-refractivity contribution < 1.29 is 9.53 Å². The summed E-state index contributed by atoms with van der Waals surface area (Å²) in [4.78, 5) is 11.7. The second kappa shape index (κ2) is 7.84. The van der Waals surface area contributed by atoms with Crippen molar-refractivity contribution in [2.24, 2.45) is 0 Å². The molecule has 0 aliphatic rings. The van der Waals surface area contributed by atoms with E-state index in [0.29, 0.717) is 5.02 Å². The Kier molecular flexibility index (Phi) is 6.78. The lowest BCUT2D eigenvalue weighted by atomic mass is 10.1. The van der Waals surface area contributed by atoms with Crippen LogP contribution in [0.2, 0.25) is 5.02 Å². The molecule has 0 saturated carbocycles. The van der Waals surface area contributed by atoms with Gasteiger partial charge in [0, 0.05) is 3.57 Å². The molecule has 0 saturated heterocycles. The molecule has 1 N–H and O–H groups in total. The minimum Gasteiger partial charge on any atom is -0.467 e.